The zero-order chi connectivity index (χ0) is 21.7. The molecular formula is C20H20F4N4O2. The Morgan fingerprint density at radius 1 is 1.20 bits per heavy atom. The number of carbonyl (C=O) groups excluding carboxylic acids is 1. The lowest BCUT2D eigenvalue weighted by molar-refractivity contribution is -0.137. The van der Waals surface area contributed by atoms with Gasteiger partial charge in [0.1, 0.15) is 17.9 Å². The number of aromatic amines is 1. The number of ketones is 1. The molecule has 1 unspecified atom stereocenters. The van der Waals surface area contributed by atoms with E-state index in [9.17, 15) is 22.4 Å². The number of unbranched alkanes of at least 4 members (excludes halogenated alkanes) is 2. The SMILES string of the molecule is NC(CCCCCC(=O)c1ncco1)c1ncc(-c2cc(C(F)(F)F)ccc2F)[nH]1. The van der Waals surface area contributed by atoms with Crippen molar-refractivity contribution in [3.63, 3.8) is 0 Å². The first-order valence-corrected chi connectivity index (χ1v) is 9.36. The molecule has 6 nitrogen and oxygen atoms in total. The van der Waals surface area contributed by atoms with Gasteiger partial charge in [-0.25, -0.2) is 14.4 Å². The molecule has 0 amide bonds. The van der Waals surface area contributed by atoms with Crippen LogP contribution in [0.5, 0.6) is 0 Å². The maximum Gasteiger partial charge on any atom is 0.416 e. The minimum atomic E-state index is -4.57. The molecule has 0 radical (unpaired) electrons. The molecule has 2 aromatic heterocycles. The minimum absolute atomic E-state index is 0.0941. The molecule has 1 aromatic carbocycles. The molecule has 30 heavy (non-hydrogen) atoms. The van der Waals surface area contributed by atoms with Gasteiger partial charge in [-0.3, -0.25) is 4.79 Å². The van der Waals surface area contributed by atoms with Crippen LogP contribution >= 0.6 is 0 Å². The molecule has 160 valence electrons. The van der Waals surface area contributed by atoms with Gasteiger partial charge in [0.2, 0.25) is 5.78 Å². The van der Waals surface area contributed by atoms with Gasteiger partial charge < -0.3 is 15.1 Å². The first kappa shape index (κ1) is 21.7. The van der Waals surface area contributed by atoms with Crippen LogP contribution in [0.25, 0.3) is 11.3 Å². The lowest BCUT2D eigenvalue weighted by Gasteiger charge is -2.10. The Morgan fingerprint density at radius 3 is 2.70 bits per heavy atom. The predicted molar refractivity (Wildman–Crippen MR) is 99.8 cm³/mol. The number of imidazole rings is 1. The molecule has 0 fully saturated rings. The van der Waals surface area contributed by atoms with Gasteiger partial charge >= 0.3 is 6.18 Å². The molecule has 2 heterocycles. The molecule has 0 aliphatic carbocycles. The summed E-state index contributed by atoms with van der Waals surface area (Å²) in [6.07, 6.45) is 2.42. The Bertz CT molecular complexity index is 983. The highest BCUT2D eigenvalue weighted by molar-refractivity contribution is 5.91. The van der Waals surface area contributed by atoms with Gasteiger partial charge in [0.05, 0.1) is 29.7 Å². The number of hydrogen-bond donors (Lipinski definition) is 2. The van der Waals surface area contributed by atoms with Crippen LogP contribution in [-0.4, -0.2) is 20.7 Å². The van der Waals surface area contributed by atoms with Gasteiger partial charge in [0, 0.05) is 12.0 Å². The highest BCUT2D eigenvalue weighted by Crippen LogP contribution is 2.33. The van der Waals surface area contributed by atoms with E-state index < -0.39 is 23.6 Å². The van der Waals surface area contributed by atoms with Gasteiger partial charge in [-0.15, -0.1) is 0 Å². The number of halogens is 4. The van der Waals surface area contributed by atoms with E-state index in [1.165, 1.54) is 18.7 Å². The van der Waals surface area contributed by atoms with Crippen molar-refractivity contribution in [3.8, 4) is 11.3 Å². The molecule has 0 aliphatic rings. The smallest absolute Gasteiger partial charge is 0.416 e. The zero-order valence-corrected chi connectivity index (χ0v) is 15.9. The van der Waals surface area contributed by atoms with Crippen LogP contribution in [0.3, 0.4) is 0 Å². The second-order valence-electron chi connectivity index (χ2n) is 6.84. The zero-order valence-electron chi connectivity index (χ0n) is 15.9. The van der Waals surface area contributed by atoms with E-state index in [-0.39, 0.29) is 22.9 Å². The van der Waals surface area contributed by atoms with Crippen LogP contribution in [0, 0.1) is 5.82 Å². The molecule has 0 spiro atoms. The van der Waals surface area contributed by atoms with Crippen molar-refractivity contribution in [1.82, 2.24) is 15.0 Å². The van der Waals surface area contributed by atoms with Crippen LogP contribution in [0.2, 0.25) is 0 Å². The molecular weight excluding hydrogens is 404 g/mol. The second-order valence-corrected chi connectivity index (χ2v) is 6.84. The molecule has 0 saturated heterocycles. The number of nitrogens with two attached hydrogens (primary N) is 1. The predicted octanol–water partition coefficient (Wildman–Crippen LogP) is 5.06. The maximum atomic E-state index is 14.0. The summed E-state index contributed by atoms with van der Waals surface area (Å²) in [6.45, 7) is 0. The van der Waals surface area contributed by atoms with Crippen molar-refractivity contribution in [1.29, 1.82) is 0 Å². The van der Waals surface area contributed by atoms with E-state index in [0.717, 1.165) is 18.6 Å². The minimum Gasteiger partial charge on any atom is -0.442 e. The number of alkyl halides is 3. The number of aromatic nitrogens is 3. The summed E-state index contributed by atoms with van der Waals surface area (Å²) in [5.41, 5.74) is 5.04. The standard InChI is InChI=1S/C20H20F4N4O2/c21-14-7-6-12(20(22,23)24)10-13(14)16-11-27-18(28-16)15(25)4-2-1-3-5-17(29)19-26-8-9-30-19/h6-11,15H,1-5,25H2,(H,27,28). The highest BCUT2D eigenvalue weighted by atomic mass is 19.4. The Morgan fingerprint density at radius 2 is 2.00 bits per heavy atom. The molecule has 10 heteroatoms. The molecule has 0 bridgehead atoms. The lowest BCUT2D eigenvalue weighted by Crippen LogP contribution is -2.12. The summed E-state index contributed by atoms with van der Waals surface area (Å²) in [7, 11) is 0. The van der Waals surface area contributed by atoms with Crippen LogP contribution in [0.1, 0.15) is 60.2 Å². The van der Waals surface area contributed by atoms with E-state index in [1.54, 1.807) is 0 Å². The topological polar surface area (TPSA) is 97.8 Å². The summed E-state index contributed by atoms with van der Waals surface area (Å²) in [6, 6.07) is 1.71. The van der Waals surface area contributed by atoms with Crippen molar-refractivity contribution in [2.24, 2.45) is 5.73 Å². The number of oxazole rings is 1. The van der Waals surface area contributed by atoms with Crippen molar-refractivity contribution in [2.45, 2.75) is 44.3 Å². The fourth-order valence-corrected chi connectivity index (χ4v) is 3.00. The van der Waals surface area contributed by atoms with E-state index in [4.69, 9.17) is 10.2 Å². The average molecular weight is 424 g/mol. The Balaban J connectivity index is 1.53. The van der Waals surface area contributed by atoms with Crippen LogP contribution in [0.15, 0.2) is 41.3 Å². The fraction of sp³-hybridized carbons (Fsp3) is 0.350. The highest BCUT2D eigenvalue weighted by Gasteiger charge is 2.31. The summed E-state index contributed by atoms with van der Waals surface area (Å²) in [5.74, 6) is -0.500. The number of carbonyl (C=O) groups is 1. The summed E-state index contributed by atoms with van der Waals surface area (Å²) < 4.78 is 57.6. The number of H-pyrrole nitrogens is 1. The molecule has 3 N–H and O–H groups in total. The average Bonchev–Trinajstić information content (AvgIpc) is 3.39. The molecule has 3 aromatic rings. The molecule has 0 aliphatic heterocycles. The van der Waals surface area contributed by atoms with Gasteiger partial charge in [-0.05, 0) is 31.0 Å². The third kappa shape index (κ3) is 5.32. The second kappa shape index (κ2) is 9.21. The van der Waals surface area contributed by atoms with Crippen molar-refractivity contribution >= 4 is 5.78 Å². The van der Waals surface area contributed by atoms with Crippen molar-refractivity contribution in [3.05, 3.63) is 60.0 Å². The number of hydrogen-bond acceptors (Lipinski definition) is 5. The summed E-state index contributed by atoms with van der Waals surface area (Å²) in [4.78, 5) is 22.5. The van der Waals surface area contributed by atoms with E-state index in [0.29, 0.717) is 37.6 Å². The van der Waals surface area contributed by atoms with Gasteiger partial charge in [0.25, 0.3) is 5.89 Å². The third-order valence-corrected chi connectivity index (χ3v) is 4.62. The van der Waals surface area contributed by atoms with Crippen LogP contribution < -0.4 is 5.73 Å². The number of nitrogens with zero attached hydrogens (tertiary/aromatic N) is 2. The van der Waals surface area contributed by atoms with Crippen molar-refractivity contribution in [2.75, 3.05) is 0 Å². The number of Topliss-reactive ketones (excluding diaryl/α,β-unsaturated/α-hetero) is 1. The first-order valence-electron chi connectivity index (χ1n) is 9.36. The fourth-order valence-electron chi connectivity index (χ4n) is 3.00. The Kier molecular flexibility index (Phi) is 6.66. The van der Waals surface area contributed by atoms with Gasteiger partial charge in [0.15, 0.2) is 0 Å². The van der Waals surface area contributed by atoms with Crippen LogP contribution in [0.4, 0.5) is 17.6 Å². The van der Waals surface area contributed by atoms with E-state index >= 15 is 0 Å². The monoisotopic (exact) mass is 424 g/mol. The van der Waals surface area contributed by atoms with Crippen molar-refractivity contribution < 1.29 is 26.8 Å². The molecule has 1 atom stereocenters. The van der Waals surface area contributed by atoms with Gasteiger partial charge in [-0.2, -0.15) is 13.2 Å². The summed E-state index contributed by atoms with van der Waals surface area (Å²) >= 11 is 0. The largest absolute Gasteiger partial charge is 0.442 e. The maximum absolute atomic E-state index is 14.0. The Hall–Kier alpha value is -3.01. The Labute approximate surface area is 169 Å². The first-order chi connectivity index (χ1) is 14.3. The number of rotatable bonds is 9. The third-order valence-electron chi connectivity index (χ3n) is 4.62. The molecule has 0 saturated carbocycles. The lowest BCUT2D eigenvalue weighted by atomic mass is 10.1. The number of benzene rings is 1. The normalized spacial score (nSPS) is 12.8. The summed E-state index contributed by atoms with van der Waals surface area (Å²) in [5, 5.41) is 0. The molecule has 3 rings (SSSR count). The van der Waals surface area contributed by atoms with E-state index in [2.05, 4.69) is 15.0 Å². The van der Waals surface area contributed by atoms with Crippen LogP contribution in [-0.2, 0) is 6.18 Å². The number of nitrogens with one attached hydrogen (secondary N) is 1. The quantitative estimate of drug-likeness (QED) is 0.284. The van der Waals surface area contributed by atoms with E-state index in [1.807, 2.05) is 0 Å². The van der Waals surface area contributed by atoms with Gasteiger partial charge in [-0.1, -0.05) is 12.8 Å².